The lowest BCUT2D eigenvalue weighted by Gasteiger charge is -2.12. The van der Waals surface area contributed by atoms with Crippen molar-refractivity contribution >= 4 is 5.69 Å². The average Bonchev–Trinajstić information content (AvgIpc) is 2.47. The first-order chi connectivity index (χ1) is 9.54. The molecule has 0 saturated heterocycles. The van der Waals surface area contributed by atoms with Crippen LogP contribution < -0.4 is 16.6 Å². The molecule has 1 aromatic carbocycles. The summed E-state index contributed by atoms with van der Waals surface area (Å²) in [5.74, 6) is 0. The van der Waals surface area contributed by atoms with Gasteiger partial charge in [-0.3, -0.25) is 13.9 Å². The zero-order valence-electron chi connectivity index (χ0n) is 11.3. The predicted octanol–water partition coefficient (Wildman–Crippen LogP) is 0.568. The fraction of sp³-hybridized carbons (Fsp3) is 0.214. The van der Waals surface area contributed by atoms with Gasteiger partial charge in [-0.2, -0.15) is 5.26 Å². The summed E-state index contributed by atoms with van der Waals surface area (Å²) < 4.78 is 2.45. The van der Waals surface area contributed by atoms with Gasteiger partial charge in [0.2, 0.25) is 0 Å². The summed E-state index contributed by atoms with van der Waals surface area (Å²) in [5, 5.41) is 12.1. The van der Waals surface area contributed by atoms with E-state index in [-0.39, 0.29) is 11.2 Å². The number of nitriles is 1. The van der Waals surface area contributed by atoms with Crippen molar-refractivity contribution in [2.75, 3.05) is 5.32 Å². The molecule has 6 heteroatoms. The van der Waals surface area contributed by atoms with Crippen molar-refractivity contribution in [1.82, 2.24) is 9.13 Å². The third-order valence-corrected chi connectivity index (χ3v) is 3.13. The van der Waals surface area contributed by atoms with Gasteiger partial charge in [0.15, 0.2) is 0 Å². The summed E-state index contributed by atoms with van der Waals surface area (Å²) in [5.41, 5.74) is 1.02. The first-order valence-electron chi connectivity index (χ1n) is 6.03. The van der Waals surface area contributed by atoms with Crippen LogP contribution in [0.3, 0.4) is 0 Å². The number of hydrogen-bond acceptors (Lipinski definition) is 4. The first kappa shape index (κ1) is 13.6. The number of para-hydroxylation sites is 1. The molecule has 0 amide bonds. The molecule has 0 fully saturated rings. The molecule has 6 nitrogen and oxygen atoms in total. The maximum absolute atomic E-state index is 11.8. The summed E-state index contributed by atoms with van der Waals surface area (Å²) in [6.07, 6.45) is 0. The van der Waals surface area contributed by atoms with Crippen LogP contribution in [0.25, 0.3) is 0 Å². The van der Waals surface area contributed by atoms with Crippen molar-refractivity contribution in [3.05, 3.63) is 62.4 Å². The number of rotatable bonds is 3. The highest BCUT2D eigenvalue weighted by atomic mass is 16.2. The van der Waals surface area contributed by atoms with Gasteiger partial charge in [-0.15, -0.1) is 0 Å². The van der Waals surface area contributed by atoms with Crippen LogP contribution in [0.5, 0.6) is 0 Å². The SMILES string of the molecule is Cn1c(CNc2ccccc2C#N)cc(=O)n(C)c1=O. The van der Waals surface area contributed by atoms with Crippen LogP contribution in [0.1, 0.15) is 11.3 Å². The molecule has 1 aromatic heterocycles. The highest BCUT2D eigenvalue weighted by molar-refractivity contribution is 5.57. The van der Waals surface area contributed by atoms with Crippen molar-refractivity contribution < 1.29 is 0 Å². The monoisotopic (exact) mass is 270 g/mol. The van der Waals surface area contributed by atoms with Gasteiger partial charge in [-0.25, -0.2) is 4.79 Å². The second-order valence-electron chi connectivity index (χ2n) is 4.39. The molecule has 0 bridgehead atoms. The van der Waals surface area contributed by atoms with Gasteiger partial charge in [-0.1, -0.05) is 12.1 Å². The minimum atomic E-state index is -0.372. The molecule has 0 spiro atoms. The smallest absolute Gasteiger partial charge is 0.330 e. The van der Waals surface area contributed by atoms with E-state index in [1.165, 1.54) is 17.7 Å². The molecule has 0 unspecified atom stereocenters. The van der Waals surface area contributed by atoms with E-state index in [4.69, 9.17) is 5.26 Å². The molecule has 2 rings (SSSR count). The van der Waals surface area contributed by atoms with Crippen LogP contribution in [-0.4, -0.2) is 9.13 Å². The standard InChI is InChI=1S/C14H14N4O2/c1-17-11(7-13(19)18(2)14(17)20)9-16-12-6-4-3-5-10(12)8-15/h3-7,16H,9H2,1-2H3. The highest BCUT2D eigenvalue weighted by Crippen LogP contribution is 2.14. The molecule has 1 N–H and O–H groups in total. The second-order valence-corrected chi connectivity index (χ2v) is 4.39. The number of anilines is 1. The molecular weight excluding hydrogens is 256 g/mol. The molecule has 0 atom stereocenters. The van der Waals surface area contributed by atoms with E-state index in [0.717, 1.165) is 4.57 Å². The summed E-state index contributed by atoms with van der Waals surface area (Å²) in [4.78, 5) is 23.4. The summed E-state index contributed by atoms with van der Waals surface area (Å²) >= 11 is 0. The molecule has 0 aliphatic rings. The lowest BCUT2D eigenvalue weighted by molar-refractivity contribution is 0.655. The minimum absolute atomic E-state index is 0.292. The van der Waals surface area contributed by atoms with Gasteiger partial charge in [0.25, 0.3) is 5.56 Å². The molecule has 20 heavy (non-hydrogen) atoms. The highest BCUT2D eigenvalue weighted by Gasteiger charge is 2.06. The quantitative estimate of drug-likeness (QED) is 0.884. The van der Waals surface area contributed by atoms with E-state index in [1.54, 1.807) is 25.2 Å². The van der Waals surface area contributed by atoms with Crippen molar-refractivity contribution in [1.29, 1.82) is 5.26 Å². The Hall–Kier alpha value is -2.81. The van der Waals surface area contributed by atoms with Crippen LogP contribution in [0.15, 0.2) is 39.9 Å². The van der Waals surface area contributed by atoms with E-state index in [9.17, 15) is 9.59 Å². The largest absolute Gasteiger partial charge is 0.378 e. The topological polar surface area (TPSA) is 79.8 Å². The Bertz CT molecular complexity index is 796. The molecule has 0 aliphatic heterocycles. The van der Waals surface area contributed by atoms with Gasteiger partial charge >= 0.3 is 5.69 Å². The summed E-state index contributed by atoms with van der Waals surface area (Å²) in [7, 11) is 3.04. The van der Waals surface area contributed by atoms with Crippen LogP contribution >= 0.6 is 0 Å². The normalized spacial score (nSPS) is 10.1. The Labute approximate surface area is 115 Å². The van der Waals surface area contributed by atoms with Crippen LogP contribution in [0, 0.1) is 11.3 Å². The van der Waals surface area contributed by atoms with Crippen molar-refractivity contribution in [3.8, 4) is 6.07 Å². The van der Waals surface area contributed by atoms with E-state index >= 15 is 0 Å². The third-order valence-electron chi connectivity index (χ3n) is 3.13. The van der Waals surface area contributed by atoms with E-state index < -0.39 is 0 Å². The molecule has 2 aromatic rings. The Balaban J connectivity index is 2.31. The Morgan fingerprint density at radius 2 is 1.90 bits per heavy atom. The van der Waals surface area contributed by atoms with Gasteiger partial charge in [0, 0.05) is 25.9 Å². The molecular formula is C14H14N4O2. The van der Waals surface area contributed by atoms with Crippen LogP contribution in [-0.2, 0) is 20.6 Å². The van der Waals surface area contributed by atoms with Crippen molar-refractivity contribution in [2.45, 2.75) is 6.54 Å². The number of hydrogen-bond donors (Lipinski definition) is 1. The van der Waals surface area contributed by atoms with Crippen LogP contribution in [0.4, 0.5) is 5.69 Å². The second kappa shape index (κ2) is 5.45. The molecule has 1 heterocycles. The number of nitrogens with one attached hydrogen (secondary N) is 1. The molecule has 0 saturated carbocycles. The number of aromatic nitrogens is 2. The number of nitrogens with zero attached hydrogens (tertiary/aromatic N) is 3. The van der Waals surface area contributed by atoms with Gasteiger partial charge < -0.3 is 5.32 Å². The zero-order valence-corrected chi connectivity index (χ0v) is 11.3. The van der Waals surface area contributed by atoms with Gasteiger partial charge in [0.1, 0.15) is 6.07 Å². The van der Waals surface area contributed by atoms with E-state index in [0.29, 0.717) is 23.5 Å². The van der Waals surface area contributed by atoms with Gasteiger partial charge in [-0.05, 0) is 12.1 Å². The number of benzene rings is 1. The predicted molar refractivity (Wildman–Crippen MR) is 75.4 cm³/mol. The fourth-order valence-corrected chi connectivity index (χ4v) is 1.87. The third kappa shape index (κ3) is 2.47. The van der Waals surface area contributed by atoms with Crippen molar-refractivity contribution in [2.24, 2.45) is 14.1 Å². The summed E-state index contributed by atoms with van der Waals surface area (Å²) in [6.45, 7) is 0.292. The minimum Gasteiger partial charge on any atom is -0.378 e. The Morgan fingerprint density at radius 1 is 1.20 bits per heavy atom. The molecule has 0 radical (unpaired) electrons. The van der Waals surface area contributed by atoms with E-state index in [2.05, 4.69) is 11.4 Å². The van der Waals surface area contributed by atoms with Gasteiger partial charge in [0.05, 0.1) is 17.8 Å². The average molecular weight is 270 g/mol. The Morgan fingerprint density at radius 3 is 2.60 bits per heavy atom. The Kier molecular flexibility index (Phi) is 3.71. The maximum atomic E-state index is 11.8. The summed E-state index contributed by atoms with van der Waals surface area (Å²) in [6, 6.07) is 10.6. The molecule has 0 aliphatic carbocycles. The fourth-order valence-electron chi connectivity index (χ4n) is 1.87. The lowest BCUT2D eigenvalue weighted by atomic mass is 10.2. The van der Waals surface area contributed by atoms with Crippen LogP contribution in [0.2, 0.25) is 0 Å². The van der Waals surface area contributed by atoms with Crippen molar-refractivity contribution in [3.63, 3.8) is 0 Å². The maximum Gasteiger partial charge on any atom is 0.330 e. The van der Waals surface area contributed by atoms with E-state index in [1.807, 2.05) is 6.07 Å². The molecule has 102 valence electrons. The first-order valence-corrected chi connectivity index (χ1v) is 6.03. The zero-order chi connectivity index (χ0) is 14.7. The lowest BCUT2D eigenvalue weighted by Crippen LogP contribution is -2.38.